The molecule has 0 spiro atoms. The maximum Gasteiger partial charge on any atom is 0.157 e. The monoisotopic (exact) mass is 159 g/mol. The van der Waals surface area contributed by atoms with Crippen LogP contribution in [-0.2, 0) is 0 Å². The second kappa shape index (κ2) is 2.20. The Morgan fingerprint density at radius 2 is 2.42 bits per heavy atom. The third-order valence-corrected chi connectivity index (χ3v) is 1.57. The number of nitriles is 1. The summed E-state index contributed by atoms with van der Waals surface area (Å²) in [6.45, 7) is 0. The lowest BCUT2D eigenvalue weighted by Gasteiger charge is -1.98. The number of nitrogen functional groups attached to an aromatic ring is 1. The second-order valence-electron chi connectivity index (χ2n) is 2.27. The van der Waals surface area contributed by atoms with Crippen molar-refractivity contribution >= 4 is 11.5 Å². The first-order chi connectivity index (χ1) is 5.83. The predicted octanol–water partition coefficient (Wildman–Crippen LogP) is 0.183. The molecular formula is C7H5N5. The molecule has 2 rings (SSSR count). The number of nitrogens with zero attached hydrogens (tertiary/aromatic N) is 4. The van der Waals surface area contributed by atoms with E-state index in [-0.39, 0.29) is 0 Å². The van der Waals surface area contributed by atoms with Gasteiger partial charge in [0.25, 0.3) is 0 Å². The summed E-state index contributed by atoms with van der Waals surface area (Å²) < 4.78 is 1.43. The molecule has 0 atom stereocenters. The van der Waals surface area contributed by atoms with Gasteiger partial charge in [-0.05, 0) is 0 Å². The number of anilines is 1. The van der Waals surface area contributed by atoms with E-state index >= 15 is 0 Å². The van der Waals surface area contributed by atoms with Crippen molar-refractivity contribution in [2.75, 3.05) is 5.73 Å². The Bertz CT molecular complexity index is 464. The molecule has 0 saturated heterocycles. The largest absolute Gasteiger partial charge is 0.382 e. The molecule has 2 N–H and O–H groups in total. The van der Waals surface area contributed by atoms with Gasteiger partial charge in [0, 0.05) is 6.07 Å². The smallest absolute Gasteiger partial charge is 0.157 e. The Hall–Kier alpha value is -2.09. The van der Waals surface area contributed by atoms with E-state index in [1.807, 2.05) is 6.07 Å². The topological polar surface area (TPSA) is 80.0 Å². The first-order valence-electron chi connectivity index (χ1n) is 3.31. The van der Waals surface area contributed by atoms with Crippen molar-refractivity contribution in [3.8, 4) is 6.07 Å². The fourth-order valence-electron chi connectivity index (χ4n) is 0.977. The van der Waals surface area contributed by atoms with Crippen LogP contribution in [0.3, 0.4) is 0 Å². The molecule has 0 aliphatic heterocycles. The molecule has 2 aromatic rings. The SMILES string of the molecule is N#Cc1cnc2ccnn2c1N. The van der Waals surface area contributed by atoms with Crippen molar-refractivity contribution < 1.29 is 0 Å². The van der Waals surface area contributed by atoms with E-state index < -0.39 is 0 Å². The minimum atomic E-state index is 0.326. The third kappa shape index (κ3) is 0.720. The normalized spacial score (nSPS) is 9.92. The number of rotatable bonds is 0. The Kier molecular flexibility index (Phi) is 1.21. The number of hydrogen-bond donors (Lipinski definition) is 1. The summed E-state index contributed by atoms with van der Waals surface area (Å²) in [6, 6.07) is 3.65. The quantitative estimate of drug-likeness (QED) is 0.594. The minimum absolute atomic E-state index is 0.326. The Morgan fingerprint density at radius 3 is 3.17 bits per heavy atom. The summed E-state index contributed by atoms with van der Waals surface area (Å²) in [6.07, 6.45) is 3.02. The molecule has 0 amide bonds. The van der Waals surface area contributed by atoms with Gasteiger partial charge in [0.1, 0.15) is 17.5 Å². The van der Waals surface area contributed by atoms with E-state index in [9.17, 15) is 0 Å². The highest BCUT2D eigenvalue weighted by Crippen LogP contribution is 2.09. The fourth-order valence-corrected chi connectivity index (χ4v) is 0.977. The highest BCUT2D eigenvalue weighted by molar-refractivity contribution is 5.53. The van der Waals surface area contributed by atoms with Gasteiger partial charge in [-0.2, -0.15) is 14.9 Å². The van der Waals surface area contributed by atoms with E-state index in [1.54, 1.807) is 12.3 Å². The first-order valence-corrected chi connectivity index (χ1v) is 3.31. The number of fused-ring (bicyclic) bond motifs is 1. The number of aromatic nitrogens is 3. The van der Waals surface area contributed by atoms with E-state index in [0.29, 0.717) is 17.0 Å². The molecule has 0 aromatic carbocycles. The molecular weight excluding hydrogens is 154 g/mol. The molecule has 0 saturated carbocycles. The fraction of sp³-hybridized carbons (Fsp3) is 0. The molecule has 0 unspecified atom stereocenters. The van der Waals surface area contributed by atoms with Gasteiger partial charge in [-0.3, -0.25) is 0 Å². The van der Waals surface area contributed by atoms with E-state index in [0.717, 1.165) is 0 Å². The van der Waals surface area contributed by atoms with Crippen molar-refractivity contribution in [3.05, 3.63) is 24.0 Å². The molecule has 12 heavy (non-hydrogen) atoms. The summed E-state index contributed by atoms with van der Waals surface area (Å²) in [5.41, 5.74) is 6.60. The molecule has 5 heteroatoms. The average Bonchev–Trinajstić information content (AvgIpc) is 2.53. The van der Waals surface area contributed by atoms with E-state index in [1.165, 1.54) is 10.7 Å². The molecule has 2 aromatic heterocycles. The highest BCUT2D eigenvalue weighted by atomic mass is 15.3. The Balaban J connectivity index is 2.89. The van der Waals surface area contributed by atoms with Gasteiger partial charge in [0.05, 0.1) is 12.4 Å². The van der Waals surface area contributed by atoms with Crippen LogP contribution < -0.4 is 5.73 Å². The molecule has 0 radical (unpaired) electrons. The zero-order chi connectivity index (χ0) is 8.55. The van der Waals surface area contributed by atoms with Crippen molar-refractivity contribution in [1.29, 1.82) is 5.26 Å². The standard InChI is InChI=1S/C7H5N5/c8-3-5-4-10-6-1-2-11-12(6)7(5)9/h1-2,4H,9H2. The van der Waals surface area contributed by atoms with E-state index in [4.69, 9.17) is 11.0 Å². The maximum absolute atomic E-state index is 8.60. The zero-order valence-electron chi connectivity index (χ0n) is 6.10. The maximum atomic E-state index is 8.60. The summed E-state index contributed by atoms with van der Waals surface area (Å²) in [5, 5.41) is 12.5. The summed E-state index contributed by atoms with van der Waals surface area (Å²) in [4.78, 5) is 3.97. The lowest BCUT2D eigenvalue weighted by atomic mass is 10.3. The van der Waals surface area contributed by atoms with Crippen molar-refractivity contribution in [3.63, 3.8) is 0 Å². The van der Waals surface area contributed by atoms with Gasteiger partial charge in [0.15, 0.2) is 5.65 Å². The zero-order valence-corrected chi connectivity index (χ0v) is 6.10. The molecule has 0 aliphatic carbocycles. The van der Waals surface area contributed by atoms with Gasteiger partial charge in [-0.25, -0.2) is 4.98 Å². The van der Waals surface area contributed by atoms with Gasteiger partial charge in [0.2, 0.25) is 0 Å². The summed E-state index contributed by atoms with van der Waals surface area (Å²) >= 11 is 0. The van der Waals surface area contributed by atoms with E-state index in [2.05, 4.69) is 10.1 Å². The summed E-state index contributed by atoms with van der Waals surface area (Å²) in [5.74, 6) is 0.326. The van der Waals surface area contributed by atoms with Crippen LogP contribution in [-0.4, -0.2) is 14.6 Å². The van der Waals surface area contributed by atoms with Crippen molar-refractivity contribution in [2.45, 2.75) is 0 Å². The van der Waals surface area contributed by atoms with Gasteiger partial charge in [-0.1, -0.05) is 0 Å². The van der Waals surface area contributed by atoms with Crippen molar-refractivity contribution in [2.24, 2.45) is 0 Å². The molecule has 58 valence electrons. The lowest BCUT2D eigenvalue weighted by Crippen LogP contribution is -2.02. The van der Waals surface area contributed by atoms with Crippen LogP contribution in [0.25, 0.3) is 5.65 Å². The van der Waals surface area contributed by atoms with Gasteiger partial charge < -0.3 is 5.73 Å². The third-order valence-electron chi connectivity index (χ3n) is 1.57. The van der Waals surface area contributed by atoms with Crippen LogP contribution in [0.5, 0.6) is 0 Å². The minimum Gasteiger partial charge on any atom is -0.382 e. The molecule has 0 aliphatic rings. The first kappa shape index (κ1) is 6.61. The van der Waals surface area contributed by atoms with Crippen LogP contribution in [0.2, 0.25) is 0 Å². The number of nitrogens with two attached hydrogens (primary N) is 1. The van der Waals surface area contributed by atoms with Crippen LogP contribution >= 0.6 is 0 Å². The van der Waals surface area contributed by atoms with Crippen LogP contribution in [0.4, 0.5) is 5.82 Å². The number of hydrogen-bond acceptors (Lipinski definition) is 4. The molecule has 2 heterocycles. The van der Waals surface area contributed by atoms with Gasteiger partial charge >= 0.3 is 0 Å². The van der Waals surface area contributed by atoms with Crippen LogP contribution in [0.1, 0.15) is 5.56 Å². The van der Waals surface area contributed by atoms with Crippen molar-refractivity contribution in [1.82, 2.24) is 14.6 Å². The van der Waals surface area contributed by atoms with Gasteiger partial charge in [-0.15, -0.1) is 0 Å². The Morgan fingerprint density at radius 1 is 1.58 bits per heavy atom. The molecule has 0 fully saturated rings. The van der Waals surface area contributed by atoms with Crippen LogP contribution in [0, 0.1) is 11.3 Å². The summed E-state index contributed by atoms with van der Waals surface area (Å²) in [7, 11) is 0. The highest BCUT2D eigenvalue weighted by Gasteiger charge is 2.03. The Labute approximate surface area is 68.1 Å². The average molecular weight is 159 g/mol. The lowest BCUT2D eigenvalue weighted by molar-refractivity contribution is 0.948. The molecule has 0 bridgehead atoms. The van der Waals surface area contributed by atoms with Crippen LogP contribution in [0.15, 0.2) is 18.5 Å². The second-order valence-corrected chi connectivity index (χ2v) is 2.27. The molecule has 5 nitrogen and oxygen atoms in total. The predicted molar refractivity (Wildman–Crippen MR) is 42.1 cm³/mol.